The van der Waals surface area contributed by atoms with Crippen molar-refractivity contribution in [1.29, 1.82) is 0 Å². The van der Waals surface area contributed by atoms with Crippen LogP contribution in [0, 0.1) is 5.82 Å². The van der Waals surface area contributed by atoms with Gasteiger partial charge in [-0.2, -0.15) is 4.98 Å². The van der Waals surface area contributed by atoms with Gasteiger partial charge in [0.1, 0.15) is 5.75 Å². The smallest absolute Gasteiger partial charge is 0.279 e. The number of aromatic nitrogens is 3. The van der Waals surface area contributed by atoms with E-state index in [2.05, 4.69) is 19.6 Å². The third kappa shape index (κ3) is 1.41. The summed E-state index contributed by atoms with van der Waals surface area (Å²) in [6.45, 7) is 0. The maximum absolute atomic E-state index is 13.3. The first-order valence-corrected chi connectivity index (χ1v) is 3.78. The molecule has 0 fully saturated rings. The molecule has 0 atom stereocenters. The molecule has 5 nitrogen and oxygen atoms in total. The largest absolute Gasteiger partial charge is 0.495 e. The summed E-state index contributed by atoms with van der Waals surface area (Å²) in [5.41, 5.74) is 0.0169. The number of ether oxygens (including phenoxy) is 1. The number of methoxy groups -OCH3 is 1. The highest BCUT2D eigenvalue weighted by molar-refractivity contribution is 5.48. The average Bonchev–Trinajstić information content (AvgIpc) is 2.70. The summed E-state index contributed by atoms with van der Waals surface area (Å²) in [6, 6.07) is 1.20. The van der Waals surface area contributed by atoms with Crippen LogP contribution < -0.4 is 4.74 Å². The summed E-state index contributed by atoms with van der Waals surface area (Å²) in [6.07, 6.45) is 2.56. The predicted octanol–water partition coefficient (Wildman–Crippen LogP) is 1.28. The molecule has 0 amide bonds. The summed E-state index contributed by atoms with van der Waals surface area (Å²) < 4.78 is 22.8. The highest BCUT2D eigenvalue weighted by Crippen LogP contribution is 2.20. The van der Waals surface area contributed by atoms with Gasteiger partial charge in [-0.15, -0.1) is 0 Å². The lowest BCUT2D eigenvalue weighted by molar-refractivity contribution is 0.406. The van der Waals surface area contributed by atoms with Gasteiger partial charge in [0.25, 0.3) is 5.89 Å². The van der Waals surface area contributed by atoms with Crippen molar-refractivity contribution in [1.82, 2.24) is 15.1 Å². The van der Waals surface area contributed by atoms with Crippen LogP contribution in [-0.2, 0) is 0 Å². The Labute approximate surface area is 78.5 Å². The van der Waals surface area contributed by atoms with Crippen LogP contribution in [0.5, 0.6) is 5.75 Å². The van der Waals surface area contributed by atoms with Gasteiger partial charge in [0.2, 0.25) is 0 Å². The third-order valence-corrected chi connectivity index (χ3v) is 1.62. The van der Waals surface area contributed by atoms with E-state index in [1.54, 1.807) is 0 Å². The Morgan fingerprint density at radius 2 is 2.29 bits per heavy atom. The Morgan fingerprint density at radius 1 is 1.43 bits per heavy atom. The molecule has 0 aliphatic carbocycles. The average molecular weight is 195 g/mol. The van der Waals surface area contributed by atoms with Gasteiger partial charge >= 0.3 is 0 Å². The van der Waals surface area contributed by atoms with Crippen LogP contribution in [0.25, 0.3) is 11.6 Å². The molecule has 2 aromatic rings. The Kier molecular flexibility index (Phi) is 2.10. The number of hydrogen-bond donors (Lipinski definition) is 0. The fraction of sp³-hybridized carbons (Fsp3) is 0.125. The van der Waals surface area contributed by atoms with E-state index >= 15 is 0 Å². The summed E-state index contributed by atoms with van der Waals surface area (Å²) in [5.74, 6) is -0.176. The van der Waals surface area contributed by atoms with Gasteiger partial charge in [-0.25, -0.2) is 9.37 Å². The van der Waals surface area contributed by atoms with Crippen molar-refractivity contribution in [3.63, 3.8) is 0 Å². The molecule has 0 aliphatic heterocycles. The molecule has 72 valence electrons. The van der Waals surface area contributed by atoms with Crippen LogP contribution in [0.15, 0.2) is 23.1 Å². The van der Waals surface area contributed by atoms with Crippen molar-refractivity contribution in [2.45, 2.75) is 0 Å². The monoisotopic (exact) mass is 195 g/mol. The lowest BCUT2D eigenvalue weighted by atomic mass is 10.3. The fourth-order valence-electron chi connectivity index (χ4n) is 0.967. The molecule has 2 heterocycles. The van der Waals surface area contributed by atoms with E-state index in [4.69, 9.17) is 4.74 Å². The van der Waals surface area contributed by atoms with Crippen molar-refractivity contribution in [2.24, 2.45) is 0 Å². The molecule has 2 rings (SSSR count). The topological polar surface area (TPSA) is 61.0 Å². The molecular weight excluding hydrogens is 189 g/mol. The second-order valence-electron chi connectivity index (χ2n) is 2.45. The maximum atomic E-state index is 13.3. The van der Waals surface area contributed by atoms with Gasteiger partial charge in [-0.05, 0) is 0 Å². The van der Waals surface area contributed by atoms with E-state index in [0.717, 1.165) is 0 Å². The number of nitrogens with zero attached hydrogens (tertiary/aromatic N) is 3. The highest BCUT2D eigenvalue weighted by atomic mass is 19.1. The van der Waals surface area contributed by atoms with Crippen LogP contribution in [0.2, 0.25) is 0 Å². The molecule has 0 N–H and O–H groups in total. The van der Waals surface area contributed by atoms with Gasteiger partial charge in [0, 0.05) is 6.07 Å². The molecule has 2 aromatic heterocycles. The SMILES string of the molecule is COc1cnc(-c2ncno2)c(F)c1. The number of rotatable bonds is 2. The van der Waals surface area contributed by atoms with E-state index in [-0.39, 0.29) is 11.6 Å². The van der Waals surface area contributed by atoms with E-state index in [1.165, 1.54) is 25.7 Å². The van der Waals surface area contributed by atoms with Gasteiger partial charge in [0.15, 0.2) is 17.8 Å². The lowest BCUT2D eigenvalue weighted by Crippen LogP contribution is -1.91. The zero-order valence-corrected chi connectivity index (χ0v) is 7.27. The van der Waals surface area contributed by atoms with Crippen LogP contribution >= 0.6 is 0 Å². The zero-order valence-electron chi connectivity index (χ0n) is 7.27. The molecule has 0 aliphatic rings. The number of hydrogen-bond acceptors (Lipinski definition) is 5. The van der Waals surface area contributed by atoms with Crippen LogP contribution in [-0.4, -0.2) is 22.2 Å². The van der Waals surface area contributed by atoms with Gasteiger partial charge < -0.3 is 9.26 Å². The van der Waals surface area contributed by atoms with E-state index in [1.807, 2.05) is 0 Å². The molecule has 0 bridgehead atoms. The van der Waals surface area contributed by atoms with Crippen LogP contribution in [0.4, 0.5) is 4.39 Å². The van der Waals surface area contributed by atoms with Gasteiger partial charge in [-0.1, -0.05) is 5.16 Å². The molecule has 0 saturated heterocycles. The number of pyridine rings is 1. The quantitative estimate of drug-likeness (QED) is 0.722. The van der Waals surface area contributed by atoms with E-state index < -0.39 is 5.82 Å². The first-order valence-electron chi connectivity index (χ1n) is 3.78. The second-order valence-corrected chi connectivity index (χ2v) is 2.45. The molecular formula is C8H6FN3O2. The van der Waals surface area contributed by atoms with E-state index in [0.29, 0.717) is 5.75 Å². The zero-order chi connectivity index (χ0) is 9.97. The summed E-state index contributed by atoms with van der Waals surface area (Å²) in [4.78, 5) is 7.48. The number of halogens is 1. The van der Waals surface area contributed by atoms with Crippen molar-refractivity contribution in [3.05, 3.63) is 24.4 Å². The van der Waals surface area contributed by atoms with Crippen LogP contribution in [0.1, 0.15) is 0 Å². The minimum absolute atomic E-state index is 0.0169. The minimum Gasteiger partial charge on any atom is -0.495 e. The highest BCUT2D eigenvalue weighted by Gasteiger charge is 2.12. The molecule has 6 heteroatoms. The molecule has 0 radical (unpaired) electrons. The van der Waals surface area contributed by atoms with Gasteiger partial charge in [0.05, 0.1) is 13.3 Å². The van der Waals surface area contributed by atoms with E-state index in [9.17, 15) is 4.39 Å². The standard InChI is InChI=1S/C8H6FN3O2/c1-13-5-2-6(9)7(10-3-5)8-11-4-12-14-8/h2-4H,1H3. The van der Waals surface area contributed by atoms with Crippen molar-refractivity contribution in [3.8, 4) is 17.3 Å². The first-order chi connectivity index (χ1) is 6.81. The van der Waals surface area contributed by atoms with Crippen molar-refractivity contribution < 1.29 is 13.7 Å². The fourth-order valence-corrected chi connectivity index (χ4v) is 0.967. The molecule has 0 unspecified atom stereocenters. The van der Waals surface area contributed by atoms with Crippen molar-refractivity contribution in [2.75, 3.05) is 7.11 Å². The maximum Gasteiger partial charge on any atom is 0.279 e. The summed E-state index contributed by atoms with van der Waals surface area (Å²) in [7, 11) is 1.43. The molecule has 0 aromatic carbocycles. The second kappa shape index (κ2) is 3.41. The Hall–Kier alpha value is -1.98. The Bertz CT molecular complexity index is 430. The molecule has 0 spiro atoms. The lowest BCUT2D eigenvalue weighted by Gasteiger charge is -2.00. The third-order valence-electron chi connectivity index (χ3n) is 1.62. The first kappa shape index (κ1) is 8.61. The summed E-state index contributed by atoms with van der Waals surface area (Å²) >= 11 is 0. The Morgan fingerprint density at radius 3 is 2.86 bits per heavy atom. The van der Waals surface area contributed by atoms with Crippen LogP contribution in [0.3, 0.4) is 0 Å². The summed E-state index contributed by atoms with van der Waals surface area (Å²) in [5, 5.41) is 3.36. The Balaban J connectivity index is 2.46. The predicted molar refractivity (Wildman–Crippen MR) is 44.0 cm³/mol. The normalized spacial score (nSPS) is 10.1. The molecule has 0 saturated carbocycles. The van der Waals surface area contributed by atoms with Gasteiger partial charge in [-0.3, -0.25) is 0 Å². The minimum atomic E-state index is -0.561. The van der Waals surface area contributed by atoms with Crippen molar-refractivity contribution >= 4 is 0 Å². The molecule has 14 heavy (non-hydrogen) atoms.